The molecule has 2 aromatic rings. The van der Waals surface area contributed by atoms with Crippen LogP contribution in [0.25, 0.3) is 16.5 Å². The van der Waals surface area contributed by atoms with Crippen molar-refractivity contribution < 1.29 is 9.53 Å². The highest BCUT2D eigenvalue weighted by Gasteiger charge is 2.12. The molecule has 25 heavy (non-hydrogen) atoms. The number of esters is 1. The van der Waals surface area contributed by atoms with E-state index in [9.17, 15) is 4.79 Å². The summed E-state index contributed by atoms with van der Waals surface area (Å²) in [7, 11) is 1.20. The van der Waals surface area contributed by atoms with E-state index in [0.29, 0.717) is 25.5 Å². The van der Waals surface area contributed by atoms with Gasteiger partial charge in [0.25, 0.3) is 0 Å². The van der Waals surface area contributed by atoms with E-state index in [2.05, 4.69) is 14.8 Å². The number of halogens is 3. The number of nitrogens with zero attached hydrogens (tertiary/aromatic N) is 3. The summed E-state index contributed by atoms with van der Waals surface area (Å²) in [5, 5.41) is 4.89. The molecule has 5 nitrogen and oxygen atoms in total. The SMILES string of the molecule is COC(=O)/C(=C/c1ccc(Cl)cc1Sc1ccc(Cl)cc1Cl)N=[N+]=[N-]. The van der Waals surface area contributed by atoms with Gasteiger partial charge in [-0.05, 0) is 47.5 Å². The zero-order chi connectivity index (χ0) is 18.4. The summed E-state index contributed by atoms with van der Waals surface area (Å²) in [6, 6.07) is 10.2. The molecule has 2 aromatic carbocycles. The number of carbonyl (C=O) groups excluding carboxylic acids is 1. The molecular formula is C16H10Cl3N3O2S. The average Bonchev–Trinajstić information content (AvgIpc) is 2.58. The molecule has 0 saturated carbocycles. The second kappa shape index (κ2) is 9.04. The molecule has 0 N–H and O–H groups in total. The van der Waals surface area contributed by atoms with Crippen molar-refractivity contribution in [2.75, 3.05) is 7.11 Å². The number of azide groups is 1. The van der Waals surface area contributed by atoms with Crippen LogP contribution < -0.4 is 0 Å². The smallest absolute Gasteiger partial charge is 0.340 e. The van der Waals surface area contributed by atoms with E-state index in [4.69, 9.17) is 40.3 Å². The number of ether oxygens (including phenoxy) is 1. The number of carbonyl (C=O) groups is 1. The van der Waals surface area contributed by atoms with E-state index in [0.717, 1.165) is 4.90 Å². The molecular weight excluding hydrogens is 405 g/mol. The molecule has 0 unspecified atom stereocenters. The first-order valence-electron chi connectivity index (χ1n) is 6.72. The van der Waals surface area contributed by atoms with Crippen molar-refractivity contribution in [3.63, 3.8) is 0 Å². The van der Waals surface area contributed by atoms with Crippen LogP contribution in [-0.4, -0.2) is 13.1 Å². The molecule has 9 heteroatoms. The van der Waals surface area contributed by atoms with Crippen molar-refractivity contribution in [3.05, 3.63) is 73.2 Å². The molecule has 0 aliphatic carbocycles. The fraction of sp³-hybridized carbons (Fsp3) is 0.0625. The van der Waals surface area contributed by atoms with Gasteiger partial charge in [0.15, 0.2) is 0 Å². The summed E-state index contributed by atoms with van der Waals surface area (Å²) >= 11 is 19.5. The van der Waals surface area contributed by atoms with Gasteiger partial charge in [-0.3, -0.25) is 0 Å². The molecule has 0 saturated heterocycles. The Balaban J connectivity index is 2.50. The van der Waals surface area contributed by atoms with E-state index in [-0.39, 0.29) is 5.70 Å². The van der Waals surface area contributed by atoms with E-state index in [1.54, 1.807) is 36.4 Å². The van der Waals surface area contributed by atoms with Crippen molar-refractivity contribution >= 4 is 58.6 Å². The van der Waals surface area contributed by atoms with Gasteiger partial charge in [0.2, 0.25) is 0 Å². The minimum absolute atomic E-state index is 0.170. The molecule has 0 heterocycles. The van der Waals surface area contributed by atoms with Gasteiger partial charge in [0.1, 0.15) is 5.70 Å². The molecule has 0 aromatic heterocycles. The third-order valence-electron chi connectivity index (χ3n) is 2.93. The Morgan fingerprint density at radius 2 is 1.84 bits per heavy atom. The van der Waals surface area contributed by atoms with Crippen molar-refractivity contribution in [1.82, 2.24) is 0 Å². The third-order valence-corrected chi connectivity index (χ3v) is 4.97. The highest BCUT2D eigenvalue weighted by Crippen LogP contribution is 2.38. The summed E-state index contributed by atoms with van der Waals surface area (Å²) in [4.78, 5) is 15.8. The third kappa shape index (κ3) is 5.33. The molecule has 0 aliphatic heterocycles. The summed E-state index contributed by atoms with van der Waals surface area (Å²) in [5.74, 6) is -0.742. The van der Waals surface area contributed by atoms with Gasteiger partial charge in [0, 0.05) is 24.7 Å². The molecule has 0 bridgehead atoms. The topological polar surface area (TPSA) is 75.1 Å². The average molecular weight is 415 g/mol. The first kappa shape index (κ1) is 19.5. The van der Waals surface area contributed by atoms with E-state index >= 15 is 0 Å². The monoisotopic (exact) mass is 413 g/mol. The number of hydrogen-bond acceptors (Lipinski definition) is 4. The van der Waals surface area contributed by atoms with Gasteiger partial charge in [-0.25, -0.2) is 4.79 Å². The van der Waals surface area contributed by atoms with E-state index in [1.165, 1.54) is 24.9 Å². The number of methoxy groups -OCH3 is 1. The van der Waals surface area contributed by atoms with Crippen LogP contribution >= 0.6 is 46.6 Å². The Hall–Kier alpha value is -1.82. The summed E-state index contributed by atoms with van der Waals surface area (Å²) < 4.78 is 4.61. The first-order valence-corrected chi connectivity index (χ1v) is 8.67. The molecule has 0 radical (unpaired) electrons. The lowest BCUT2D eigenvalue weighted by molar-refractivity contribution is -0.136. The van der Waals surface area contributed by atoms with Gasteiger partial charge in [-0.15, -0.1) is 0 Å². The van der Waals surface area contributed by atoms with Crippen molar-refractivity contribution in [3.8, 4) is 0 Å². The van der Waals surface area contributed by atoms with Crippen LogP contribution in [0.2, 0.25) is 15.1 Å². The predicted octanol–water partition coefficient (Wildman–Crippen LogP) is 6.62. The maximum Gasteiger partial charge on any atom is 0.340 e. The molecule has 0 spiro atoms. The van der Waals surface area contributed by atoms with Gasteiger partial charge >= 0.3 is 5.97 Å². The van der Waals surface area contributed by atoms with Gasteiger partial charge in [-0.2, -0.15) is 0 Å². The number of rotatable bonds is 5. The quantitative estimate of drug-likeness (QED) is 0.181. The molecule has 2 rings (SSSR count). The lowest BCUT2D eigenvalue weighted by atomic mass is 10.2. The van der Waals surface area contributed by atoms with Crippen LogP contribution in [0, 0.1) is 0 Å². The van der Waals surface area contributed by atoms with Gasteiger partial charge in [-0.1, -0.05) is 57.7 Å². The summed E-state index contributed by atoms with van der Waals surface area (Å²) in [6.07, 6.45) is 1.42. The van der Waals surface area contributed by atoms with Crippen molar-refractivity contribution in [2.24, 2.45) is 5.11 Å². The molecule has 0 aliphatic rings. The zero-order valence-corrected chi connectivity index (χ0v) is 15.8. The number of hydrogen-bond donors (Lipinski definition) is 0. The Kier molecular flexibility index (Phi) is 7.05. The minimum Gasteiger partial charge on any atom is -0.466 e. The van der Waals surface area contributed by atoms with Crippen LogP contribution in [0.15, 0.2) is 57.0 Å². The molecule has 0 fully saturated rings. The van der Waals surface area contributed by atoms with Crippen LogP contribution in [0.4, 0.5) is 0 Å². The predicted molar refractivity (Wildman–Crippen MR) is 101 cm³/mol. The zero-order valence-electron chi connectivity index (χ0n) is 12.7. The van der Waals surface area contributed by atoms with Crippen LogP contribution in [0.3, 0.4) is 0 Å². The normalized spacial score (nSPS) is 11.0. The standard InChI is InChI=1S/C16H10Cl3N3O2S/c1-24-16(23)13(21-22-20)6-9-2-3-11(18)8-15(9)25-14-5-4-10(17)7-12(14)19/h2-8H,1H3/b13-6-. The Morgan fingerprint density at radius 1 is 1.16 bits per heavy atom. The highest BCUT2D eigenvalue weighted by molar-refractivity contribution is 7.99. The van der Waals surface area contributed by atoms with Crippen LogP contribution in [-0.2, 0) is 9.53 Å². The highest BCUT2D eigenvalue weighted by atomic mass is 35.5. The lowest BCUT2D eigenvalue weighted by Gasteiger charge is -2.09. The van der Waals surface area contributed by atoms with Crippen molar-refractivity contribution in [1.29, 1.82) is 0 Å². The molecule has 0 amide bonds. The fourth-order valence-corrected chi connectivity index (χ4v) is 3.54. The summed E-state index contributed by atoms with van der Waals surface area (Å²) in [5.41, 5.74) is 9.07. The Labute approximate surface area is 163 Å². The second-order valence-electron chi connectivity index (χ2n) is 4.57. The largest absolute Gasteiger partial charge is 0.466 e. The summed E-state index contributed by atoms with van der Waals surface area (Å²) in [6.45, 7) is 0. The maximum atomic E-state index is 11.7. The first-order chi connectivity index (χ1) is 11.9. The minimum atomic E-state index is -0.742. The number of benzene rings is 2. The maximum absolute atomic E-state index is 11.7. The Morgan fingerprint density at radius 3 is 2.48 bits per heavy atom. The van der Waals surface area contributed by atoms with Crippen LogP contribution in [0.1, 0.15) is 5.56 Å². The van der Waals surface area contributed by atoms with Crippen molar-refractivity contribution in [2.45, 2.75) is 9.79 Å². The molecule has 128 valence electrons. The van der Waals surface area contributed by atoms with Gasteiger partial charge < -0.3 is 4.74 Å². The second-order valence-corrected chi connectivity index (χ2v) is 6.93. The van der Waals surface area contributed by atoms with Crippen LogP contribution in [0.5, 0.6) is 0 Å². The lowest BCUT2D eigenvalue weighted by Crippen LogP contribution is -2.02. The molecule has 0 atom stereocenters. The Bertz CT molecular complexity index is 896. The van der Waals surface area contributed by atoms with Gasteiger partial charge in [0.05, 0.1) is 12.1 Å². The van der Waals surface area contributed by atoms with E-state index < -0.39 is 5.97 Å². The van der Waals surface area contributed by atoms with E-state index in [1.807, 2.05) is 0 Å². The fourth-order valence-electron chi connectivity index (χ4n) is 1.82.